The average molecular weight is 150 g/mol. The third kappa shape index (κ3) is 1.34. The molecule has 1 aromatic heterocycles. The summed E-state index contributed by atoms with van der Waals surface area (Å²) in [5, 5.41) is 4.34. The van der Waals surface area contributed by atoms with E-state index in [-0.39, 0.29) is 0 Å². The smallest absolute Gasteiger partial charge is 0.0625 e. The summed E-state index contributed by atoms with van der Waals surface area (Å²) in [5.41, 5.74) is 3.64. The van der Waals surface area contributed by atoms with Gasteiger partial charge in [-0.2, -0.15) is 5.10 Å². The van der Waals surface area contributed by atoms with Crippen molar-refractivity contribution in [3.63, 3.8) is 0 Å². The molecule has 0 aliphatic heterocycles. The second kappa shape index (κ2) is 2.91. The van der Waals surface area contributed by atoms with Crippen LogP contribution in [0.3, 0.4) is 0 Å². The van der Waals surface area contributed by atoms with E-state index in [1.165, 1.54) is 11.3 Å². The fourth-order valence-corrected chi connectivity index (χ4v) is 1.09. The van der Waals surface area contributed by atoms with Gasteiger partial charge in [-0.15, -0.1) is 6.58 Å². The summed E-state index contributed by atoms with van der Waals surface area (Å²) in [6.07, 6.45) is 1.86. The molecule has 0 amide bonds. The van der Waals surface area contributed by atoms with Gasteiger partial charge in [-0.3, -0.25) is 4.68 Å². The molecule has 0 fully saturated rings. The van der Waals surface area contributed by atoms with Gasteiger partial charge < -0.3 is 0 Å². The van der Waals surface area contributed by atoms with E-state index in [1.807, 2.05) is 17.7 Å². The lowest BCUT2D eigenvalue weighted by atomic mass is 10.2. The van der Waals surface area contributed by atoms with Crippen molar-refractivity contribution in [3.8, 4) is 0 Å². The maximum atomic E-state index is 4.34. The molecule has 0 atom stereocenters. The minimum atomic E-state index is 0.806. The zero-order valence-electron chi connectivity index (χ0n) is 7.39. The molecular formula is C9H14N2. The number of hydrogen-bond donors (Lipinski definition) is 0. The van der Waals surface area contributed by atoms with Gasteiger partial charge in [0.1, 0.15) is 0 Å². The first-order valence-corrected chi connectivity index (χ1v) is 3.78. The van der Waals surface area contributed by atoms with Gasteiger partial charge in [-0.05, 0) is 26.3 Å². The highest BCUT2D eigenvalue weighted by atomic mass is 15.3. The molecule has 2 heteroatoms. The van der Waals surface area contributed by atoms with Crippen LogP contribution in [0.15, 0.2) is 12.7 Å². The van der Waals surface area contributed by atoms with Gasteiger partial charge in [0.15, 0.2) is 0 Å². The number of aryl methyl sites for hydroxylation is 1. The fourth-order valence-electron chi connectivity index (χ4n) is 1.09. The number of rotatable bonds is 2. The zero-order valence-corrected chi connectivity index (χ0v) is 7.39. The highest BCUT2D eigenvalue weighted by molar-refractivity contribution is 5.22. The van der Waals surface area contributed by atoms with Gasteiger partial charge >= 0.3 is 0 Å². The normalized spacial score (nSPS) is 10.1. The summed E-state index contributed by atoms with van der Waals surface area (Å²) < 4.78 is 1.97. The first kappa shape index (κ1) is 8.05. The summed E-state index contributed by atoms with van der Waals surface area (Å²) in [6.45, 7) is 10.7. The molecular weight excluding hydrogens is 136 g/mol. The van der Waals surface area contributed by atoms with Crippen LogP contribution in [-0.4, -0.2) is 9.78 Å². The van der Waals surface area contributed by atoms with E-state index >= 15 is 0 Å². The van der Waals surface area contributed by atoms with Crippen LogP contribution in [0.25, 0.3) is 0 Å². The van der Waals surface area contributed by atoms with Crippen LogP contribution >= 0.6 is 0 Å². The number of nitrogens with zero attached hydrogens (tertiary/aromatic N) is 2. The van der Waals surface area contributed by atoms with Gasteiger partial charge in [0.25, 0.3) is 0 Å². The Morgan fingerprint density at radius 3 is 2.45 bits per heavy atom. The molecule has 0 saturated heterocycles. The van der Waals surface area contributed by atoms with Crippen molar-refractivity contribution >= 4 is 0 Å². The maximum Gasteiger partial charge on any atom is 0.0625 e. The molecule has 0 unspecified atom stereocenters. The van der Waals surface area contributed by atoms with E-state index < -0.39 is 0 Å². The summed E-state index contributed by atoms with van der Waals surface area (Å²) >= 11 is 0. The van der Waals surface area contributed by atoms with E-state index in [1.54, 1.807) is 0 Å². The van der Waals surface area contributed by atoms with Crippen molar-refractivity contribution in [2.24, 2.45) is 0 Å². The maximum absolute atomic E-state index is 4.34. The Balaban J connectivity index is 3.07. The molecule has 2 nitrogen and oxygen atoms in total. The first-order chi connectivity index (χ1) is 5.16. The summed E-state index contributed by atoms with van der Waals surface area (Å²) in [7, 11) is 0. The van der Waals surface area contributed by atoms with Gasteiger partial charge in [0.2, 0.25) is 0 Å². The second-order valence-corrected chi connectivity index (χ2v) is 2.77. The van der Waals surface area contributed by atoms with Crippen LogP contribution in [0.1, 0.15) is 17.0 Å². The van der Waals surface area contributed by atoms with Gasteiger partial charge in [0.05, 0.1) is 12.2 Å². The minimum Gasteiger partial charge on any atom is -0.266 e. The molecule has 0 saturated carbocycles. The molecule has 1 rings (SSSR count). The van der Waals surface area contributed by atoms with Crippen molar-refractivity contribution < 1.29 is 0 Å². The molecule has 0 aromatic carbocycles. The molecule has 0 radical (unpaired) electrons. The van der Waals surface area contributed by atoms with Crippen LogP contribution in [0.4, 0.5) is 0 Å². The van der Waals surface area contributed by atoms with E-state index in [2.05, 4.69) is 25.5 Å². The Morgan fingerprint density at radius 1 is 1.45 bits per heavy atom. The second-order valence-electron chi connectivity index (χ2n) is 2.77. The molecule has 0 aliphatic rings. The molecule has 1 heterocycles. The van der Waals surface area contributed by atoms with Crippen molar-refractivity contribution in [1.82, 2.24) is 9.78 Å². The van der Waals surface area contributed by atoms with Gasteiger partial charge in [-0.1, -0.05) is 6.08 Å². The molecule has 1 aromatic rings. The lowest BCUT2D eigenvalue weighted by Crippen LogP contribution is -1.99. The summed E-state index contributed by atoms with van der Waals surface area (Å²) in [6, 6.07) is 0. The average Bonchev–Trinajstić information content (AvgIpc) is 2.19. The Labute approximate surface area is 67.5 Å². The topological polar surface area (TPSA) is 17.8 Å². The Bertz CT molecular complexity index is 271. The third-order valence-electron chi connectivity index (χ3n) is 2.05. The van der Waals surface area contributed by atoms with Gasteiger partial charge in [0, 0.05) is 5.69 Å². The van der Waals surface area contributed by atoms with Crippen molar-refractivity contribution in [2.75, 3.05) is 0 Å². The number of aromatic nitrogens is 2. The predicted molar refractivity (Wildman–Crippen MR) is 46.6 cm³/mol. The SMILES string of the molecule is C=CCn1nc(C)c(C)c1C. The Hall–Kier alpha value is -1.05. The van der Waals surface area contributed by atoms with Crippen molar-refractivity contribution in [2.45, 2.75) is 27.3 Å². The third-order valence-corrected chi connectivity index (χ3v) is 2.05. The zero-order chi connectivity index (χ0) is 8.43. The summed E-state index contributed by atoms with van der Waals surface area (Å²) in [5.74, 6) is 0. The minimum absolute atomic E-state index is 0.806. The Kier molecular flexibility index (Phi) is 2.13. The number of hydrogen-bond acceptors (Lipinski definition) is 1. The van der Waals surface area contributed by atoms with Crippen LogP contribution < -0.4 is 0 Å². The summed E-state index contributed by atoms with van der Waals surface area (Å²) in [4.78, 5) is 0. The predicted octanol–water partition coefficient (Wildman–Crippen LogP) is 1.99. The molecule has 0 bridgehead atoms. The highest BCUT2D eigenvalue weighted by Crippen LogP contribution is 2.10. The van der Waals surface area contributed by atoms with Crippen LogP contribution in [0, 0.1) is 20.8 Å². The Morgan fingerprint density at radius 2 is 2.09 bits per heavy atom. The van der Waals surface area contributed by atoms with E-state index in [0.29, 0.717) is 0 Å². The highest BCUT2D eigenvalue weighted by Gasteiger charge is 2.04. The van der Waals surface area contributed by atoms with Gasteiger partial charge in [-0.25, -0.2) is 0 Å². The van der Waals surface area contributed by atoms with E-state index in [0.717, 1.165) is 12.2 Å². The van der Waals surface area contributed by atoms with E-state index in [4.69, 9.17) is 0 Å². The van der Waals surface area contributed by atoms with Crippen molar-refractivity contribution in [3.05, 3.63) is 29.6 Å². The molecule has 11 heavy (non-hydrogen) atoms. The molecule has 0 N–H and O–H groups in total. The van der Waals surface area contributed by atoms with E-state index in [9.17, 15) is 0 Å². The quantitative estimate of drug-likeness (QED) is 0.589. The van der Waals surface area contributed by atoms with Crippen LogP contribution in [-0.2, 0) is 6.54 Å². The number of allylic oxidation sites excluding steroid dienone is 1. The van der Waals surface area contributed by atoms with Crippen LogP contribution in [0.2, 0.25) is 0 Å². The standard InChI is InChI=1S/C9H14N2/c1-5-6-11-9(4)7(2)8(3)10-11/h5H,1,6H2,2-4H3. The lowest BCUT2D eigenvalue weighted by Gasteiger charge is -1.98. The molecule has 0 spiro atoms. The monoisotopic (exact) mass is 150 g/mol. The van der Waals surface area contributed by atoms with Crippen molar-refractivity contribution in [1.29, 1.82) is 0 Å². The van der Waals surface area contributed by atoms with Crippen LogP contribution in [0.5, 0.6) is 0 Å². The fraction of sp³-hybridized carbons (Fsp3) is 0.444. The molecule has 60 valence electrons. The first-order valence-electron chi connectivity index (χ1n) is 3.78. The largest absolute Gasteiger partial charge is 0.266 e. The lowest BCUT2D eigenvalue weighted by molar-refractivity contribution is 0.672. The molecule has 0 aliphatic carbocycles.